The molecular weight excluding hydrogens is 287 g/mol. The Morgan fingerprint density at radius 3 is 3.06 bits per heavy atom. The summed E-state index contributed by atoms with van der Waals surface area (Å²) in [5.74, 6) is -0.279. The first-order valence-electron chi connectivity index (χ1n) is 5.69. The van der Waals surface area contributed by atoms with E-state index in [1.807, 2.05) is 6.20 Å². The van der Waals surface area contributed by atoms with Crippen LogP contribution in [0.4, 0.5) is 4.39 Å². The number of hydrogen-bond acceptors (Lipinski definition) is 2. The fourth-order valence-corrected chi connectivity index (χ4v) is 2.67. The van der Waals surface area contributed by atoms with Crippen LogP contribution in [-0.4, -0.2) is 16.4 Å². The van der Waals surface area contributed by atoms with Gasteiger partial charge in [0.15, 0.2) is 0 Å². The zero-order valence-corrected chi connectivity index (χ0v) is 10.8. The van der Waals surface area contributed by atoms with Crippen molar-refractivity contribution in [3.05, 3.63) is 28.6 Å². The van der Waals surface area contributed by atoms with Gasteiger partial charge in [0.1, 0.15) is 12.0 Å². The number of halogens is 2. The van der Waals surface area contributed by atoms with Gasteiger partial charge in [-0.2, -0.15) is 5.10 Å². The van der Waals surface area contributed by atoms with Crippen LogP contribution < -0.4 is 0 Å². The van der Waals surface area contributed by atoms with Gasteiger partial charge in [-0.15, -0.1) is 0 Å². The van der Waals surface area contributed by atoms with E-state index in [1.54, 1.807) is 4.68 Å². The summed E-state index contributed by atoms with van der Waals surface area (Å²) in [6.45, 7) is 0.774. The fourth-order valence-electron chi connectivity index (χ4n) is 2.15. The van der Waals surface area contributed by atoms with E-state index in [0.717, 1.165) is 35.7 Å². The van der Waals surface area contributed by atoms with Crippen molar-refractivity contribution < 1.29 is 9.13 Å². The fraction of sp³-hybridized carbons (Fsp3) is 0.417. The molecule has 3 nitrogen and oxygen atoms in total. The lowest BCUT2D eigenvalue weighted by atomic mass is 10.2. The second kappa shape index (κ2) is 4.38. The van der Waals surface area contributed by atoms with Crippen LogP contribution in [0.15, 0.2) is 22.8 Å². The summed E-state index contributed by atoms with van der Waals surface area (Å²) in [7, 11) is 0. The molecule has 1 fully saturated rings. The molecule has 0 N–H and O–H groups in total. The first-order valence-corrected chi connectivity index (χ1v) is 6.49. The number of fused-ring (bicyclic) bond motifs is 1. The predicted octanol–water partition coefficient (Wildman–Crippen LogP) is 3.64. The zero-order chi connectivity index (χ0) is 11.8. The Morgan fingerprint density at radius 1 is 1.41 bits per heavy atom. The highest BCUT2D eigenvalue weighted by Gasteiger charge is 2.17. The minimum absolute atomic E-state index is 0.00823. The smallest absolute Gasteiger partial charge is 0.150 e. The molecule has 0 aliphatic carbocycles. The van der Waals surface area contributed by atoms with Crippen molar-refractivity contribution in [3.8, 4) is 0 Å². The van der Waals surface area contributed by atoms with Gasteiger partial charge in [0.25, 0.3) is 0 Å². The van der Waals surface area contributed by atoms with Gasteiger partial charge in [0, 0.05) is 28.7 Å². The number of nitrogens with zero attached hydrogens (tertiary/aromatic N) is 2. The molecule has 1 aliphatic heterocycles. The highest BCUT2D eigenvalue weighted by Crippen LogP contribution is 2.28. The van der Waals surface area contributed by atoms with Crippen molar-refractivity contribution in [1.82, 2.24) is 9.78 Å². The Kier molecular flexibility index (Phi) is 2.88. The van der Waals surface area contributed by atoms with Crippen molar-refractivity contribution in [1.29, 1.82) is 0 Å². The minimum Gasteiger partial charge on any atom is -0.357 e. The second-order valence-corrected chi connectivity index (χ2v) is 5.11. The molecule has 0 amide bonds. The highest BCUT2D eigenvalue weighted by molar-refractivity contribution is 9.10. The third-order valence-electron chi connectivity index (χ3n) is 3.01. The number of benzene rings is 1. The van der Waals surface area contributed by atoms with Gasteiger partial charge in [-0.1, -0.05) is 0 Å². The highest BCUT2D eigenvalue weighted by atomic mass is 79.9. The molecule has 3 rings (SSSR count). The van der Waals surface area contributed by atoms with Crippen molar-refractivity contribution >= 4 is 26.8 Å². The van der Waals surface area contributed by atoms with Gasteiger partial charge in [-0.05, 0) is 41.3 Å². The molecule has 90 valence electrons. The maximum Gasteiger partial charge on any atom is 0.150 e. The monoisotopic (exact) mass is 298 g/mol. The van der Waals surface area contributed by atoms with Crippen LogP contribution in [0.5, 0.6) is 0 Å². The van der Waals surface area contributed by atoms with Crippen molar-refractivity contribution in [2.45, 2.75) is 25.5 Å². The van der Waals surface area contributed by atoms with Crippen LogP contribution in [0.3, 0.4) is 0 Å². The Balaban J connectivity index is 2.03. The Bertz CT molecular complexity index is 549. The molecule has 1 aromatic carbocycles. The van der Waals surface area contributed by atoms with Crippen LogP contribution in [0.1, 0.15) is 25.5 Å². The molecule has 2 heterocycles. The van der Waals surface area contributed by atoms with Crippen LogP contribution >= 0.6 is 15.9 Å². The van der Waals surface area contributed by atoms with E-state index in [4.69, 9.17) is 4.74 Å². The van der Waals surface area contributed by atoms with Crippen molar-refractivity contribution in [2.75, 3.05) is 6.61 Å². The van der Waals surface area contributed by atoms with Crippen LogP contribution in [-0.2, 0) is 4.74 Å². The molecule has 1 saturated heterocycles. The van der Waals surface area contributed by atoms with Crippen LogP contribution in [0, 0.1) is 5.82 Å². The molecule has 0 saturated carbocycles. The number of hydrogen-bond donors (Lipinski definition) is 0. The first kappa shape index (κ1) is 11.2. The van der Waals surface area contributed by atoms with E-state index in [1.165, 1.54) is 12.1 Å². The molecule has 17 heavy (non-hydrogen) atoms. The zero-order valence-electron chi connectivity index (χ0n) is 9.20. The number of rotatable bonds is 1. The molecule has 0 bridgehead atoms. The van der Waals surface area contributed by atoms with Crippen LogP contribution in [0.25, 0.3) is 10.9 Å². The van der Waals surface area contributed by atoms with Crippen LogP contribution in [0.2, 0.25) is 0 Å². The maximum atomic E-state index is 13.2. The SMILES string of the molecule is Fc1cc(Br)c2cn(C3CCCCO3)nc2c1. The number of aromatic nitrogens is 2. The molecule has 0 spiro atoms. The summed E-state index contributed by atoms with van der Waals surface area (Å²) in [5, 5.41) is 5.30. The lowest BCUT2D eigenvalue weighted by molar-refractivity contribution is -0.0390. The average Bonchev–Trinajstić information content (AvgIpc) is 2.74. The minimum atomic E-state index is -0.279. The summed E-state index contributed by atoms with van der Waals surface area (Å²) >= 11 is 3.35. The molecule has 1 atom stereocenters. The standard InChI is InChI=1S/C12H12BrFN2O/c13-10-5-8(14)6-11-9(10)7-16(15-11)12-3-1-2-4-17-12/h5-7,12H,1-4H2. The van der Waals surface area contributed by atoms with Crippen molar-refractivity contribution in [3.63, 3.8) is 0 Å². The molecule has 2 aromatic rings. The summed E-state index contributed by atoms with van der Waals surface area (Å²) in [6, 6.07) is 2.90. The summed E-state index contributed by atoms with van der Waals surface area (Å²) in [6.07, 6.45) is 5.13. The molecule has 1 unspecified atom stereocenters. The molecular formula is C12H12BrFN2O. The van der Waals surface area contributed by atoms with Crippen molar-refractivity contribution in [2.24, 2.45) is 0 Å². The summed E-state index contributed by atoms with van der Waals surface area (Å²) < 4.78 is 21.4. The molecule has 1 aromatic heterocycles. The first-order chi connectivity index (χ1) is 8.24. The van der Waals surface area contributed by atoms with E-state index in [9.17, 15) is 4.39 Å². The predicted molar refractivity (Wildman–Crippen MR) is 66.2 cm³/mol. The van der Waals surface area contributed by atoms with E-state index in [2.05, 4.69) is 21.0 Å². The Labute approximate surface area is 107 Å². The van der Waals surface area contributed by atoms with E-state index < -0.39 is 0 Å². The van der Waals surface area contributed by atoms with Gasteiger partial charge in [0.2, 0.25) is 0 Å². The quantitative estimate of drug-likeness (QED) is 0.804. The van der Waals surface area contributed by atoms with E-state index in [0.29, 0.717) is 5.52 Å². The van der Waals surface area contributed by atoms with E-state index in [-0.39, 0.29) is 12.0 Å². The lowest BCUT2D eigenvalue weighted by Gasteiger charge is -2.22. The second-order valence-electron chi connectivity index (χ2n) is 4.25. The average molecular weight is 299 g/mol. The largest absolute Gasteiger partial charge is 0.357 e. The molecule has 5 heteroatoms. The van der Waals surface area contributed by atoms with E-state index >= 15 is 0 Å². The van der Waals surface area contributed by atoms with Gasteiger partial charge in [-0.25, -0.2) is 9.07 Å². The van der Waals surface area contributed by atoms with Gasteiger partial charge < -0.3 is 4.74 Å². The summed E-state index contributed by atoms with van der Waals surface area (Å²) in [5.41, 5.74) is 0.658. The number of ether oxygens (including phenoxy) is 1. The van der Waals surface area contributed by atoms with Gasteiger partial charge in [-0.3, -0.25) is 0 Å². The third-order valence-corrected chi connectivity index (χ3v) is 3.66. The Morgan fingerprint density at radius 2 is 2.29 bits per heavy atom. The lowest BCUT2D eigenvalue weighted by Crippen LogP contribution is -2.18. The topological polar surface area (TPSA) is 27.1 Å². The third kappa shape index (κ3) is 2.09. The molecule has 1 aliphatic rings. The molecule has 0 radical (unpaired) electrons. The Hall–Kier alpha value is -0.940. The maximum absolute atomic E-state index is 13.2. The van der Waals surface area contributed by atoms with Gasteiger partial charge in [0.05, 0.1) is 5.52 Å². The summed E-state index contributed by atoms with van der Waals surface area (Å²) in [4.78, 5) is 0. The van der Waals surface area contributed by atoms with Gasteiger partial charge >= 0.3 is 0 Å². The normalized spacial score (nSPS) is 20.9.